The monoisotopic (exact) mass is 330 g/mol. The molecule has 2 N–H and O–H groups in total. The lowest BCUT2D eigenvalue weighted by atomic mass is 9.99. The number of anilines is 1. The molecule has 128 valence electrons. The SMILES string of the molecule is Cc1nn(C)c(C)c1CCC(=O)Nc1ccc2c(c1F)CCNC2. The summed E-state index contributed by atoms with van der Waals surface area (Å²) in [5.41, 5.74) is 5.05. The molecule has 0 saturated carbocycles. The Morgan fingerprint density at radius 3 is 2.92 bits per heavy atom. The molecule has 2 aromatic rings. The van der Waals surface area contributed by atoms with Crippen LogP contribution in [0.4, 0.5) is 10.1 Å². The van der Waals surface area contributed by atoms with Gasteiger partial charge in [0.2, 0.25) is 5.91 Å². The van der Waals surface area contributed by atoms with Gasteiger partial charge in [0, 0.05) is 25.7 Å². The zero-order valence-corrected chi connectivity index (χ0v) is 14.4. The number of aryl methyl sites for hydroxylation is 2. The highest BCUT2D eigenvalue weighted by atomic mass is 19.1. The molecule has 1 aromatic carbocycles. The third-order valence-corrected chi connectivity index (χ3v) is 4.74. The predicted molar refractivity (Wildman–Crippen MR) is 91.4 cm³/mol. The maximum absolute atomic E-state index is 14.6. The van der Waals surface area contributed by atoms with Gasteiger partial charge in [-0.05, 0) is 56.0 Å². The fraction of sp³-hybridized carbons (Fsp3) is 0.444. The molecule has 0 unspecified atom stereocenters. The van der Waals surface area contributed by atoms with Gasteiger partial charge in [-0.25, -0.2) is 4.39 Å². The van der Waals surface area contributed by atoms with E-state index in [1.165, 1.54) is 0 Å². The number of benzene rings is 1. The minimum Gasteiger partial charge on any atom is -0.324 e. The minimum atomic E-state index is -0.295. The van der Waals surface area contributed by atoms with Gasteiger partial charge in [-0.15, -0.1) is 0 Å². The Kier molecular flexibility index (Phi) is 4.66. The molecule has 5 nitrogen and oxygen atoms in total. The van der Waals surface area contributed by atoms with Gasteiger partial charge in [-0.3, -0.25) is 9.48 Å². The first-order valence-electron chi connectivity index (χ1n) is 8.27. The number of hydrogen-bond acceptors (Lipinski definition) is 3. The molecule has 0 bridgehead atoms. The number of fused-ring (bicyclic) bond motifs is 1. The van der Waals surface area contributed by atoms with Crippen LogP contribution in [0.3, 0.4) is 0 Å². The second-order valence-electron chi connectivity index (χ2n) is 6.31. The number of amides is 1. The van der Waals surface area contributed by atoms with Crippen LogP contribution in [0.5, 0.6) is 0 Å². The summed E-state index contributed by atoms with van der Waals surface area (Å²) < 4.78 is 16.4. The first kappa shape index (κ1) is 16.6. The molecule has 1 aliphatic rings. The minimum absolute atomic E-state index is 0.176. The number of aromatic nitrogens is 2. The third kappa shape index (κ3) is 3.19. The van der Waals surface area contributed by atoms with Crippen molar-refractivity contribution in [1.29, 1.82) is 0 Å². The normalized spacial score (nSPS) is 13.7. The van der Waals surface area contributed by atoms with Crippen molar-refractivity contribution in [1.82, 2.24) is 15.1 Å². The van der Waals surface area contributed by atoms with E-state index in [-0.39, 0.29) is 17.4 Å². The van der Waals surface area contributed by atoms with E-state index in [9.17, 15) is 9.18 Å². The molecule has 1 aromatic heterocycles. The maximum atomic E-state index is 14.6. The van der Waals surface area contributed by atoms with Crippen LogP contribution >= 0.6 is 0 Å². The molecular weight excluding hydrogens is 307 g/mol. The number of nitrogens with zero attached hydrogens (tertiary/aromatic N) is 2. The Hall–Kier alpha value is -2.21. The summed E-state index contributed by atoms with van der Waals surface area (Å²) in [6.45, 7) is 5.38. The van der Waals surface area contributed by atoms with Crippen LogP contribution < -0.4 is 10.6 Å². The van der Waals surface area contributed by atoms with Gasteiger partial charge in [0.25, 0.3) is 0 Å². The van der Waals surface area contributed by atoms with Gasteiger partial charge in [0.15, 0.2) is 0 Å². The van der Waals surface area contributed by atoms with Crippen LogP contribution in [0.2, 0.25) is 0 Å². The van der Waals surface area contributed by atoms with Crippen molar-refractivity contribution in [3.05, 3.63) is 46.0 Å². The topological polar surface area (TPSA) is 59.0 Å². The van der Waals surface area contributed by atoms with Gasteiger partial charge < -0.3 is 10.6 Å². The molecule has 0 atom stereocenters. The average molecular weight is 330 g/mol. The standard InChI is InChI=1S/C18H23FN4O/c1-11-14(12(2)23(3)22-11)5-7-17(24)21-16-6-4-13-10-20-9-8-15(13)18(16)19/h4,6,20H,5,7-10H2,1-3H3,(H,21,24). The van der Waals surface area contributed by atoms with Gasteiger partial charge >= 0.3 is 0 Å². The van der Waals surface area contributed by atoms with E-state index in [0.29, 0.717) is 31.4 Å². The van der Waals surface area contributed by atoms with E-state index in [1.54, 1.807) is 6.07 Å². The van der Waals surface area contributed by atoms with Gasteiger partial charge in [0.05, 0.1) is 11.4 Å². The van der Waals surface area contributed by atoms with Crippen molar-refractivity contribution in [2.75, 3.05) is 11.9 Å². The molecule has 3 rings (SSSR count). The molecule has 0 spiro atoms. The Bertz CT molecular complexity index is 782. The molecule has 1 aliphatic heterocycles. The van der Waals surface area contributed by atoms with Crippen LogP contribution in [-0.2, 0) is 31.2 Å². The Labute approximate surface area is 141 Å². The van der Waals surface area contributed by atoms with E-state index in [1.807, 2.05) is 31.6 Å². The highest BCUT2D eigenvalue weighted by Gasteiger charge is 2.18. The van der Waals surface area contributed by atoms with Crippen LogP contribution in [-0.4, -0.2) is 22.2 Å². The summed E-state index contributed by atoms with van der Waals surface area (Å²) in [7, 11) is 1.89. The fourth-order valence-electron chi connectivity index (χ4n) is 3.26. The molecule has 1 amide bonds. The van der Waals surface area contributed by atoms with E-state index in [4.69, 9.17) is 0 Å². The summed E-state index contributed by atoms with van der Waals surface area (Å²) in [5, 5.41) is 10.3. The zero-order valence-electron chi connectivity index (χ0n) is 14.4. The lowest BCUT2D eigenvalue weighted by molar-refractivity contribution is -0.116. The summed E-state index contributed by atoms with van der Waals surface area (Å²) in [6.07, 6.45) is 1.57. The second-order valence-corrected chi connectivity index (χ2v) is 6.31. The Morgan fingerprint density at radius 1 is 1.42 bits per heavy atom. The molecule has 0 radical (unpaired) electrons. The largest absolute Gasteiger partial charge is 0.324 e. The van der Waals surface area contributed by atoms with Crippen molar-refractivity contribution >= 4 is 11.6 Å². The van der Waals surface area contributed by atoms with E-state index >= 15 is 0 Å². The second kappa shape index (κ2) is 6.73. The number of hydrogen-bond donors (Lipinski definition) is 2. The van der Waals surface area contributed by atoms with E-state index < -0.39 is 0 Å². The predicted octanol–water partition coefficient (Wildman–Crippen LogP) is 2.39. The van der Waals surface area contributed by atoms with Crippen LogP contribution in [0.1, 0.15) is 34.5 Å². The van der Waals surface area contributed by atoms with Gasteiger partial charge in [-0.1, -0.05) is 6.07 Å². The van der Waals surface area contributed by atoms with Crippen molar-refractivity contribution in [3.63, 3.8) is 0 Å². The molecule has 2 heterocycles. The molecule has 6 heteroatoms. The Balaban J connectivity index is 1.67. The third-order valence-electron chi connectivity index (χ3n) is 4.74. The van der Waals surface area contributed by atoms with Crippen LogP contribution in [0.25, 0.3) is 0 Å². The fourth-order valence-corrected chi connectivity index (χ4v) is 3.26. The van der Waals surface area contributed by atoms with Crippen molar-refractivity contribution in [3.8, 4) is 0 Å². The van der Waals surface area contributed by atoms with Crippen molar-refractivity contribution in [2.45, 2.75) is 39.7 Å². The molecule has 0 aliphatic carbocycles. The van der Waals surface area contributed by atoms with Crippen LogP contribution in [0.15, 0.2) is 12.1 Å². The van der Waals surface area contributed by atoms with E-state index in [2.05, 4.69) is 15.7 Å². The number of carbonyl (C=O) groups excluding carboxylic acids is 1. The summed E-state index contributed by atoms with van der Waals surface area (Å²) in [5.74, 6) is -0.471. The summed E-state index contributed by atoms with van der Waals surface area (Å²) >= 11 is 0. The lowest BCUT2D eigenvalue weighted by Crippen LogP contribution is -2.25. The van der Waals surface area contributed by atoms with E-state index in [0.717, 1.165) is 29.1 Å². The van der Waals surface area contributed by atoms with Crippen LogP contribution in [0, 0.1) is 19.7 Å². The zero-order chi connectivity index (χ0) is 17.3. The number of halogens is 1. The molecule has 0 saturated heterocycles. The maximum Gasteiger partial charge on any atom is 0.224 e. The molecule has 24 heavy (non-hydrogen) atoms. The number of nitrogens with one attached hydrogen (secondary N) is 2. The number of rotatable bonds is 4. The van der Waals surface area contributed by atoms with Crippen molar-refractivity contribution in [2.24, 2.45) is 7.05 Å². The average Bonchev–Trinajstić information content (AvgIpc) is 2.81. The lowest BCUT2D eigenvalue weighted by Gasteiger charge is -2.19. The summed E-state index contributed by atoms with van der Waals surface area (Å²) in [4.78, 5) is 12.2. The summed E-state index contributed by atoms with van der Waals surface area (Å²) in [6, 6.07) is 3.54. The highest BCUT2D eigenvalue weighted by molar-refractivity contribution is 5.91. The molecule has 0 fully saturated rings. The Morgan fingerprint density at radius 2 is 2.21 bits per heavy atom. The van der Waals surface area contributed by atoms with Crippen molar-refractivity contribution < 1.29 is 9.18 Å². The smallest absolute Gasteiger partial charge is 0.224 e. The first-order chi connectivity index (χ1) is 11.5. The highest BCUT2D eigenvalue weighted by Crippen LogP contribution is 2.25. The quantitative estimate of drug-likeness (QED) is 0.905. The van der Waals surface area contributed by atoms with Gasteiger partial charge in [-0.2, -0.15) is 5.10 Å². The first-order valence-corrected chi connectivity index (χ1v) is 8.27. The molecular formula is C18H23FN4O. The number of carbonyl (C=O) groups is 1. The van der Waals surface area contributed by atoms with Gasteiger partial charge in [0.1, 0.15) is 5.82 Å².